The number of ether oxygens (including phenoxy) is 1. The molecule has 1 amide bonds. The molecule has 5 nitrogen and oxygen atoms in total. The molecule has 0 aliphatic carbocycles. The molecule has 1 rings (SSSR count). The number of aromatic nitrogens is 2. The highest BCUT2D eigenvalue weighted by molar-refractivity contribution is 5.77. The average molecular weight is 197 g/mol. The summed E-state index contributed by atoms with van der Waals surface area (Å²) in [4.78, 5) is 10.9. The molecular formula is C9H15N3O2. The van der Waals surface area contributed by atoms with E-state index in [2.05, 4.69) is 17.3 Å². The van der Waals surface area contributed by atoms with Gasteiger partial charge in [0.1, 0.15) is 0 Å². The van der Waals surface area contributed by atoms with E-state index in [4.69, 9.17) is 4.74 Å². The number of nitrogens with zero attached hydrogens (tertiary/aromatic N) is 2. The van der Waals surface area contributed by atoms with Crippen LogP contribution in [0.25, 0.3) is 0 Å². The van der Waals surface area contributed by atoms with Crippen LogP contribution >= 0.6 is 0 Å². The number of rotatable bonds is 5. The van der Waals surface area contributed by atoms with Crippen molar-refractivity contribution >= 4 is 5.91 Å². The number of carbonyl (C=O) groups excluding carboxylic acids is 1. The number of hydrogen-bond donors (Lipinski definition) is 1. The lowest BCUT2D eigenvalue weighted by atomic mass is 10.5. The highest BCUT2D eigenvalue weighted by atomic mass is 16.5. The van der Waals surface area contributed by atoms with Crippen LogP contribution in [-0.2, 0) is 11.3 Å². The Morgan fingerprint density at radius 3 is 3.14 bits per heavy atom. The summed E-state index contributed by atoms with van der Waals surface area (Å²) in [6, 6.07) is 0. The van der Waals surface area contributed by atoms with E-state index in [1.807, 2.05) is 0 Å². The number of hydrogen-bond acceptors (Lipinski definition) is 3. The van der Waals surface area contributed by atoms with Crippen molar-refractivity contribution in [1.29, 1.82) is 0 Å². The van der Waals surface area contributed by atoms with Gasteiger partial charge in [0.15, 0.2) is 12.4 Å². The fourth-order valence-corrected chi connectivity index (χ4v) is 0.992. The Balaban J connectivity index is 2.39. The van der Waals surface area contributed by atoms with E-state index < -0.39 is 0 Å². The first-order valence-electron chi connectivity index (χ1n) is 4.62. The van der Waals surface area contributed by atoms with E-state index in [9.17, 15) is 4.79 Å². The number of nitrogens with one attached hydrogen (secondary N) is 1. The van der Waals surface area contributed by atoms with Crippen LogP contribution in [0.1, 0.15) is 13.3 Å². The molecule has 0 spiro atoms. The molecule has 0 bridgehead atoms. The Labute approximate surface area is 83.1 Å². The average Bonchev–Trinajstić information content (AvgIpc) is 2.63. The van der Waals surface area contributed by atoms with Crippen molar-refractivity contribution in [3.8, 4) is 5.75 Å². The van der Waals surface area contributed by atoms with Gasteiger partial charge in [-0.2, -0.15) is 5.10 Å². The van der Waals surface area contributed by atoms with Gasteiger partial charge < -0.3 is 10.1 Å². The smallest absolute Gasteiger partial charge is 0.257 e. The third-order valence-electron chi connectivity index (χ3n) is 1.71. The van der Waals surface area contributed by atoms with Crippen LogP contribution in [0, 0.1) is 0 Å². The highest BCUT2D eigenvalue weighted by Crippen LogP contribution is 2.07. The van der Waals surface area contributed by atoms with E-state index in [0.717, 1.165) is 13.0 Å². The molecule has 0 aliphatic rings. The third kappa shape index (κ3) is 3.08. The molecule has 78 valence electrons. The maximum atomic E-state index is 10.9. The molecule has 0 saturated carbocycles. The van der Waals surface area contributed by atoms with Crippen molar-refractivity contribution < 1.29 is 9.53 Å². The van der Waals surface area contributed by atoms with Crippen LogP contribution in [0.15, 0.2) is 12.4 Å². The van der Waals surface area contributed by atoms with Crippen molar-refractivity contribution in [2.24, 2.45) is 0 Å². The lowest BCUT2D eigenvalue weighted by Gasteiger charge is -2.00. The second kappa shape index (κ2) is 5.26. The number of aryl methyl sites for hydroxylation is 1. The fourth-order valence-electron chi connectivity index (χ4n) is 0.992. The van der Waals surface area contributed by atoms with E-state index in [1.54, 1.807) is 24.1 Å². The van der Waals surface area contributed by atoms with Crippen molar-refractivity contribution in [3.05, 3.63) is 12.4 Å². The first-order valence-corrected chi connectivity index (χ1v) is 4.62. The van der Waals surface area contributed by atoms with Gasteiger partial charge in [0, 0.05) is 13.6 Å². The van der Waals surface area contributed by atoms with Crippen molar-refractivity contribution in [2.75, 3.05) is 13.7 Å². The molecule has 1 aromatic rings. The third-order valence-corrected chi connectivity index (χ3v) is 1.71. The largest absolute Gasteiger partial charge is 0.480 e. The van der Waals surface area contributed by atoms with Gasteiger partial charge in [0.25, 0.3) is 5.91 Å². The Bertz CT molecular complexity index is 296. The fraction of sp³-hybridized carbons (Fsp3) is 0.556. The SMILES string of the molecule is CCCn1cc(OCC(=O)NC)cn1. The van der Waals surface area contributed by atoms with E-state index in [0.29, 0.717) is 5.75 Å². The lowest BCUT2D eigenvalue weighted by Crippen LogP contribution is -2.24. The summed E-state index contributed by atoms with van der Waals surface area (Å²) in [5.74, 6) is 0.482. The minimum Gasteiger partial charge on any atom is -0.480 e. The predicted octanol–water partition coefficient (Wildman–Crippen LogP) is 0.418. The summed E-state index contributed by atoms with van der Waals surface area (Å²) in [6.07, 6.45) is 4.42. The minimum absolute atomic E-state index is 0.0360. The molecule has 0 fully saturated rings. The minimum atomic E-state index is -0.145. The molecule has 0 atom stereocenters. The van der Waals surface area contributed by atoms with E-state index in [-0.39, 0.29) is 12.5 Å². The molecule has 0 radical (unpaired) electrons. The van der Waals surface area contributed by atoms with Gasteiger partial charge in [-0.3, -0.25) is 9.48 Å². The number of amides is 1. The van der Waals surface area contributed by atoms with Crippen LogP contribution in [0.5, 0.6) is 5.75 Å². The summed E-state index contributed by atoms with van der Waals surface area (Å²) in [6.45, 7) is 2.98. The quantitative estimate of drug-likeness (QED) is 0.744. The molecule has 1 N–H and O–H groups in total. The second-order valence-electron chi connectivity index (χ2n) is 2.90. The molecular weight excluding hydrogens is 182 g/mol. The maximum absolute atomic E-state index is 10.9. The molecule has 0 aliphatic heterocycles. The van der Waals surface area contributed by atoms with Gasteiger partial charge in [-0.1, -0.05) is 6.92 Å². The Morgan fingerprint density at radius 2 is 2.50 bits per heavy atom. The molecule has 5 heteroatoms. The highest BCUT2D eigenvalue weighted by Gasteiger charge is 2.01. The normalized spacial score (nSPS) is 9.86. The monoisotopic (exact) mass is 197 g/mol. The molecule has 0 saturated heterocycles. The van der Waals surface area contributed by atoms with Crippen LogP contribution in [0.4, 0.5) is 0 Å². The standard InChI is InChI=1S/C9H15N3O2/c1-3-4-12-6-8(5-11-12)14-7-9(13)10-2/h5-6H,3-4,7H2,1-2H3,(H,10,13). The number of carbonyl (C=O) groups is 1. The van der Waals surface area contributed by atoms with Crippen molar-refractivity contribution in [3.63, 3.8) is 0 Å². The predicted molar refractivity (Wildman–Crippen MR) is 52.1 cm³/mol. The second-order valence-corrected chi connectivity index (χ2v) is 2.90. The van der Waals surface area contributed by atoms with Gasteiger partial charge in [0.2, 0.25) is 0 Å². The Hall–Kier alpha value is -1.52. The zero-order valence-electron chi connectivity index (χ0n) is 8.49. The summed E-state index contributed by atoms with van der Waals surface area (Å²) in [5.41, 5.74) is 0. The first-order chi connectivity index (χ1) is 6.76. The number of likely N-dealkylation sites (N-methyl/N-ethyl adjacent to an activating group) is 1. The first kappa shape index (κ1) is 10.6. The van der Waals surface area contributed by atoms with Gasteiger partial charge in [-0.05, 0) is 6.42 Å². The van der Waals surface area contributed by atoms with Gasteiger partial charge in [0.05, 0.1) is 12.4 Å². The van der Waals surface area contributed by atoms with Crippen LogP contribution in [-0.4, -0.2) is 29.3 Å². The zero-order chi connectivity index (χ0) is 10.4. The van der Waals surface area contributed by atoms with Crippen molar-refractivity contribution in [1.82, 2.24) is 15.1 Å². The van der Waals surface area contributed by atoms with Gasteiger partial charge in [-0.25, -0.2) is 0 Å². The summed E-state index contributed by atoms with van der Waals surface area (Å²) in [7, 11) is 1.58. The van der Waals surface area contributed by atoms with E-state index >= 15 is 0 Å². The molecule has 0 aromatic carbocycles. The lowest BCUT2D eigenvalue weighted by molar-refractivity contribution is -0.122. The molecule has 1 heterocycles. The van der Waals surface area contributed by atoms with Gasteiger partial charge in [-0.15, -0.1) is 0 Å². The summed E-state index contributed by atoms with van der Waals surface area (Å²) < 4.78 is 6.98. The molecule has 1 aromatic heterocycles. The summed E-state index contributed by atoms with van der Waals surface area (Å²) >= 11 is 0. The van der Waals surface area contributed by atoms with Crippen LogP contribution in [0.2, 0.25) is 0 Å². The molecule has 14 heavy (non-hydrogen) atoms. The maximum Gasteiger partial charge on any atom is 0.257 e. The van der Waals surface area contributed by atoms with Crippen LogP contribution in [0.3, 0.4) is 0 Å². The topological polar surface area (TPSA) is 56.1 Å². The zero-order valence-corrected chi connectivity index (χ0v) is 8.49. The van der Waals surface area contributed by atoms with Crippen molar-refractivity contribution in [2.45, 2.75) is 19.9 Å². The van der Waals surface area contributed by atoms with Crippen LogP contribution < -0.4 is 10.1 Å². The summed E-state index contributed by atoms with van der Waals surface area (Å²) in [5, 5.41) is 6.55. The Morgan fingerprint density at radius 1 is 1.71 bits per heavy atom. The van der Waals surface area contributed by atoms with Gasteiger partial charge >= 0.3 is 0 Å². The molecule has 0 unspecified atom stereocenters. The van der Waals surface area contributed by atoms with E-state index in [1.165, 1.54) is 0 Å². The Kier molecular flexibility index (Phi) is 3.97.